The number of nitrogens with zero attached hydrogens (tertiary/aromatic N) is 3. The highest BCUT2D eigenvalue weighted by Gasteiger charge is 2.41. The molecule has 6 nitrogen and oxygen atoms in total. The van der Waals surface area contributed by atoms with E-state index in [4.69, 9.17) is 9.47 Å². The van der Waals surface area contributed by atoms with E-state index in [1.54, 1.807) is 24.8 Å². The molecule has 7 heteroatoms. The maximum absolute atomic E-state index is 6.64. The van der Waals surface area contributed by atoms with E-state index in [2.05, 4.69) is 64.1 Å². The van der Waals surface area contributed by atoms with Crippen molar-refractivity contribution in [2.24, 2.45) is 0 Å². The van der Waals surface area contributed by atoms with Gasteiger partial charge in [0.15, 0.2) is 0 Å². The first kappa shape index (κ1) is 18.2. The Kier molecular flexibility index (Phi) is 4.11. The zero-order valence-corrected chi connectivity index (χ0v) is 17.9. The molecule has 0 bridgehead atoms. The number of methoxy groups -OCH3 is 1. The molecule has 2 aliphatic heterocycles. The Bertz CT molecular complexity index is 1290. The van der Waals surface area contributed by atoms with Crippen LogP contribution in [0, 0.1) is 6.92 Å². The van der Waals surface area contributed by atoms with Gasteiger partial charge in [-0.3, -0.25) is 0 Å². The quantitative estimate of drug-likeness (QED) is 0.485. The van der Waals surface area contributed by atoms with Crippen molar-refractivity contribution in [1.82, 2.24) is 14.8 Å². The lowest BCUT2D eigenvalue weighted by Gasteiger charge is -2.38. The van der Waals surface area contributed by atoms with Crippen molar-refractivity contribution < 1.29 is 9.47 Å². The van der Waals surface area contributed by atoms with E-state index in [1.807, 2.05) is 22.9 Å². The molecule has 2 aromatic heterocycles. The zero-order valence-electron chi connectivity index (χ0n) is 17.1. The van der Waals surface area contributed by atoms with Gasteiger partial charge in [-0.1, -0.05) is 29.8 Å². The first-order chi connectivity index (χ1) is 15.2. The standard InChI is InChI=1S/C24H20N4O2S/c1-14-5-10-18-17(12-14)21-20(23(30-18)15-6-8-16(29-2)9-7-15)22(19-4-3-11-31-19)28-24(27-21)25-13-26-28/h3-13,22-23H,1-2H3,(H,25,26,27)/t22-,23-/m1/s1. The lowest BCUT2D eigenvalue weighted by molar-refractivity contribution is 0.223. The predicted octanol–water partition coefficient (Wildman–Crippen LogP) is 5.22. The van der Waals surface area contributed by atoms with Crippen LogP contribution in [0.4, 0.5) is 5.95 Å². The Morgan fingerprint density at radius 1 is 1.13 bits per heavy atom. The van der Waals surface area contributed by atoms with Gasteiger partial charge in [0, 0.05) is 16.0 Å². The molecule has 2 aromatic carbocycles. The van der Waals surface area contributed by atoms with Gasteiger partial charge in [0.25, 0.3) is 0 Å². The van der Waals surface area contributed by atoms with Crippen LogP contribution in [0.1, 0.15) is 33.7 Å². The van der Waals surface area contributed by atoms with Crippen LogP contribution < -0.4 is 14.8 Å². The summed E-state index contributed by atoms with van der Waals surface area (Å²) in [5, 5.41) is 10.2. The number of aryl methyl sites for hydroxylation is 1. The van der Waals surface area contributed by atoms with Crippen LogP contribution in [0.15, 0.2) is 71.9 Å². The van der Waals surface area contributed by atoms with Crippen LogP contribution in [0.25, 0.3) is 5.70 Å². The molecule has 0 saturated carbocycles. The topological polar surface area (TPSA) is 61.2 Å². The van der Waals surface area contributed by atoms with Gasteiger partial charge >= 0.3 is 0 Å². The van der Waals surface area contributed by atoms with Gasteiger partial charge in [-0.2, -0.15) is 10.1 Å². The van der Waals surface area contributed by atoms with Gasteiger partial charge in [-0.05, 0) is 48.2 Å². The highest BCUT2D eigenvalue weighted by molar-refractivity contribution is 7.10. The Morgan fingerprint density at radius 3 is 2.77 bits per heavy atom. The summed E-state index contributed by atoms with van der Waals surface area (Å²) >= 11 is 1.71. The molecule has 4 heterocycles. The maximum atomic E-state index is 6.64. The molecule has 31 heavy (non-hydrogen) atoms. The van der Waals surface area contributed by atoms with Crippen LogP contribution in [-0.4, -0.2) is 21.9 Å². The van der Waals surface area contributed by atoms with Crippen molar-refractivity contribution in [3.8, 4) is 11.5 Å². The van der Waals surface area contributed by atoms with E-state index in [-0.39, 0.29) is 12.1 Å². The van der Waals surface area contributed by atoms with Gasteiger partial charge in [0.05, 0.1) is 12.8 Å². The first-order valence-corrected chi connectivity index (χ1v) is 11.0. The SMILES string of the molecule is COc1ccc([C@H]2Oc3ccc(C)cc3C3=C2[C@@H](c2cccs2)n2ncnc2N3)cc1. The second kappa shape index (κ2) is 6.99. The average molecular weight is 429 g/mol. The van der Waals surface area contributed by atoms with Crippen molar-refractivity contribution in [3.05, 3.63) is 93.4 Å². The van der Waals surface area contributed by atoms with Gasteiger partial charge in [0.1, 0.15) is 30.0 Å². The summed E-state index contributed by atoms with van der Waals surface area (Å²) in [6, 6.07) is 18.5. The monoisotopic (exact) mass is 428 g/mol. The van der Waals surface area contributed by atoms with Crippen molar-refractivity contribution in [3.63, 3.8) is 0 Å². The molecule has 0 saturated heterocycles. The molecule has 0 amide bonds. The number of thiophene rings is 1. The number of hydrogen-bond acceptors (Lipinski definition) is 6. The van der Waals surface area contributed by atoms with E-state index in [9.17, 15) is 0 Å². The fourth-order valence-corrected chi connectivity index (χ4v) is 5.18. The van der Waals surface area contributed by atoms with Crippen molar-refractivity contribution >= 4 is 23.0 Å². The van der Waals surface area contributed by atoms with Gasteiger partial charge in [0.2, 0.25) is 5.95 Å². The van der Waals surface area contributed by atoms with Gasteiger partial charge < -0.3 is 14.8 Å². The Hall–Kier alpha value is -3.58. The summed E-state index contributed by atoms with van der Waals surface area (Å²) < 4.78 is 14.0. The number of ether oxygens (including phenoxy) is 2. The number of rotatable bonds is 3. The van der Waals surface area contributed by atoms with Gasteiger partial charge in [-0.15, -0.1) is 11.3 Å². The maximum Gasteiger partial charge on any atom is 0.226 e. The molecule has 2 aliphatic rings. The molecule has 0 unspecified atom stereocenters. The number of anilines is 1. The number of hydrogen-bond donors (Lipinski definition) is 1. The largest absolute Gasteiger partial charge is 0.497 e. The molecular formula is C24H20N4O2S. The fourth-order valence-electron chi connectivity index (χ4n) is 4.36. The summed E-state index contributed by atoms with van der Waals surface area (Å²) in [5.41, 5.74) is 5.47. The van der Waals surface area contributed by atoms with Gasteiger partial charge in [-0.25, -0.2) is 4.68 Å². The molecule has 154 valence electrons. The lowest BCUT2D eigenvalue weighted by Crippen LogP contribution is -2.32. The number of nitrogens with one attached hydrogen (secondary N) is 1. The molecule has 2 atom stereocenters. The third kappa shape index (κ3) is 2.84. The Labute approximate surface area is 183 Å². The highest BCUT2D eigenvalue weighted by Crippen LogP contribution is 2.51. The number of aromatic nitrogens is 3. The third-order valence-corrected chi connectivity index (χ3v) is 6.73. The smallest absolute Gasteiger partial charge is 0.226 e. The zero-order chi connectivity index (χ0) is 20.9. The van der Waals surface area contributed by atoms with Crippen LogP contribution >= 0.6 is 11.3 Å². The number of fused-ring (bicyclic) bond motifs is 3. The molecule has 0 fully saturated rings. The highest BCUT2D eigenvalue weighted by atomic mass is 32.1. The summed E-state index contributed by atoms with van der Waals surface area (Å²) in [6.45, 7) is 2.10. The summed E-state index contributed by atoms with van der Waals surface area (Å²) in [6.07, 6.45) is 1.33. The minimum atomic E-state index is -0.270. The summed E-state index contributed by atoms with van der Waals surface area (Å²) in [5.74, 6) is 2.41. The molecule has 6 rings (SSSR count). The van der Waals surface area contributed by atoms with Crippen LogP contribution in [0.3, 0.4) is 0 Å². The minimum absolute atomic E-state index is 0.102. The molecule has 4 aromatic rings. The summed E-state index contributed by atoms with van der Waals surface area (Å²) in [4.78, 5) is 5.67. The number of benzene rings is 2. The fraction of sp³-hybridized carbons (Fsp3) is 0.167. The molecule has 0 radical (unpaired) electrons. The predicted molar refractivity (Wildman–Crippen MR) is 121 cm³/mol. The van der Waals surface area contributed by atoms with Crippen LogP contribution in [-0.2, 0) is 0 Å². The Morgan fingerprint density at radius 2 is 2.00 bits per heavy atom. The van der Waals surface area contributed by atoms with Crippen molar-refractivity contribution in [2.45, 2.75) is 19.1 Å². The lowest BCUT2D eigenvalue weighted by atomic mass is 9.86. The molecule has 0 aliphatic carbocycles. The second-order valence-corrected chi connectivity index (χ2v) is 8.65. The third-order valence-electron chi connectivity index (χ3n) is 5.80. The minimum Gasteiger partial charge on any atom is -0.497 e. The van der Waals surface area contributed by atoms with Crippen molar-refractivity contribution in [1.29, 1.82) is 0 Å². The Balaban J connectivity index is 1.61. The van der Waals surface area contributed by atoms with Crippen molar-refractivity contribution in [2.75, 3.05) is 12.4 Å². The van der Waals surface area contributed by atoms with Crippen LogP contribution in [0.5, 0.6) is 11.5 Å². The van der Waals surface area contributed by atoms with E-state index in [0.29, 0.717) is 0 Å². The summed E-state index contributed by atoms with van der Waals surface area (Å²) in [7, 11) is 1.68. The second-order valence-electron chi connectivity index (χ2n) is 7.67. The van der Waals surface area contributed by atoms with E-state index < -0.39 is 0 Å². The molecule has 1 N–H and O–H groups in total. The molecule has 0 spiro atoms. The normalized spacial score (nSPS) is 19.0. The van der Waals surface area contributed by atoms with Crippen LogP contribution in [0.2, 0.25) is 0 Å². The van der Waals surface area contributed by atoms with E-state index in [0.717, 1.165) is 39.8 Å². The van der Waals surface area contributed by atoms with E-state index in [1.165, 1.54) is 10.4 Å². The molecular weight excluding hydrogens is 408 g/mol. The first-order valence-electron chi connectivity index (χ1n) is 10.1. The average Bonchev–Trinajstić information content (AvgIpc) is 3.49. The van der Waals surface area contributed by atoms with E-state index >= 15 is 0 Å².